The lowest BCUT2D eigenvalue weighted by Crippen LogP contribution is -2.39. The Morgan fingerprint density at radius 1 is 0.424 bits per heavy atom. The maximum atomic E-state index is 6.60. The molecule has 0 radical (unpaired) electrons. The van der Waals surface area contributed by atoms with E-state index in [0.717, 1.165) is 78.2 Å². The van der Waals surface area contributed by atoms with Crippen LogP contribution in [0, 0.1) is 0 Å². The molecule has 0 aromatic carbocycles. The SMILES string of the molecule is C1OC1CC1(COCC2(CC3CO3)OC2(CC2CO2)CC2CO2)OC1(CC1CO1)CC1CO1. The molecular formula is C24H34O9. The van der Waals surface area contributed by atoms with Crippen molar-refractivity contribution < 1.29 is 42.6 Å². The van der Waals surface area contributed by atoms with Crippen molar-refractivity contribution in [3.8, 4) is 0 Å². The molecular weight excluding hydrogens is 432 g/mol. The predicted molar refractivity (Wildman–Crippen MR) is 110 cm³/mol. The van der Waals surface area contributed by atoms with Gasteiger partial charge >= 0.3 is 0 Å². The van der Waals surface area contributed by atoms with Gasteiger partial charge in [-0.25, -0.2) is 0 Å². The maximum absolute atomic E-state index is 6.60. The van der Waals surface area contributed by atoms with Gasteiger partial charge in [-0.05, 0) is 0 Å². The van der Waals surface area contributed by atoms with Crippen LogP contribution >= 0.6 is 0 Å². The van der Waals surface area contributed by atoms with Crippen LogP contribution in [0.15, 0.2) is 0 Å². The summed E-state index contributed by atoms with van der Waals surface area (Å²) in [6.45, 7) is 6.08. The Balaban J connectivity index is 0.976. The van der Waals surface area contributed by atoms with Crippen LogP contribution in [-0.2, 0) is 42.6 Å². The van der Waals surface area contributed by atoms with Crippen LogP contribution in [0.3, 0.4) is 0 Å². The lowest BCUT2D eigenvalue weighted by atomic mass is 9.81. The van der Waals surface area contributed by atoms with E-state index in [1.807, 2.05) is 0 Å². The second-order valence-corrected chi connectivity index (χ2v) is 11.6. The summed E-state index contributed by atoms with van der Waals surface area (Å²) in [7, 11) is 0. The molecule has 8 aliphatic rings. The zero-order chi connectivity index (χ0) is 21.7. The average molecular weight is 467 g/mol. The van der Waals surface area contributed by atoms with Gasteiger partial charge in [0.15, 0.2) is 0 Å². The van der Waals surface area contributed by atoms with Crippen LogP contribution in [0.25, 0.3) is 0 Å². The van der Waals surface area contributed by atoms with Crippen molar-refractivity contribution in [1.82, 2.24) is 0 Å². The van der Waals surface area contributed by atoms with Crippen molar-refractivity contribution in [2.24, 2.45) is 0 Å². The zero-order valence-electron chi connectivity index (χ0n) is 19.0. The first kappa shape index (κ1) is 20.8. The van der Waals surface area contributed by atoms with Gasteiger partial charge in [-0.15, -0.1) is 0 Å². The van der Waals surface area contributed by atoms with Crippen molar-refractivity contribution in [3.05, 3.63) is 0 Å². The first-order chi connectivity index (χ1) is 16.1. The highest BCUT2D eigenvalue weighted by atomic mass is 16.7. The molecule has 0 bridgehead atoms. The lowest BCUT2D eigenvalue weighted by Gasteiger charge is -2.22. The lowest BCUT2D eigenvalue weighted by molar-refractivity contribution is 0.0332. The first-order valence-electron chi connectivity index (χ1n) is 12.8. The molecule has 8 atom stereocenters. The molecule has 8 rings (SSSR count). The first-order valence-corrected chi connectivity index (χ1v) is 12.8. The molecule has 0 aliphatic carbocycles. The third kappa shape index (κ3) is 4.17. The number of hydrogen-bond donors (Lipinski definition) is 0. The summed E-state index contributed by atoms with van der Waals surface area (Å²) in [5.41, 5.74) is -1.08. The van der Waals surface area contributed by atoms with Crippen LogP contribution in [0.5, 0.6) is 0 Å². The Bertz CT molecular complexity index is 691. The van der Waals surface area contributed by atoms with Gasteiger partial charge in [0, 0.05) is 38.5 Å². The molecule has 8 heterocycles. The van der Waals surface area contributed by atoms with E-state index >= 15 is 0 Å². The Kier molecular flexibility index (Phi) is 4.48. The third-order valence-corrected chi connectivity index (χ3v) is 8.79. The van der Waals surface area contributed by atoms with Gasteiger partial charge in [0.2, 0.25) is 0 Å². The van der Waals surface area contributed by atoms with E-state index in [1.165, 1.54) is 0 Å². The van der Waals surface area contributed by atoms with Gasteiger partial charge < -0.3 is 42.6 Å². The highest BCUT2D eigenvalue weighted by Crippen LogP contribution is 2.62. The standard InChI is InChI=1S/C24H34O9/c1(15-7-26-15)21(2-16-8-27-16)23(32-21,5-19-11-30-19)13-25-14-24(6-20-12-31-20)22(33-24,3-17-9-28-17)4-18-10-29-18/h15-20H,1-14H2. The number of rotatable bonds is 16. The normalized spacial score (nSPS) is 56.4. The van der Waals surface area contributed by atoms with Gasteiger partial charge in [0.1, 0.15) is 22.4 Å². The zero-order valence-corrected chi connectivity index (χ0v) is 19.0. The summed E-state index contributed by atoms with van der Waals surface area (Å²) < 4.78 is 53.3. The molecule has 0 N–H and O–H groups in total. The molecule has 8 unspecified atom stereocenters. The van der Waals surface area contributed by atoms with Gasteiger partial charge in [-0.1, -0.05) is 0 Å². The molecule has 9 heteroatoms. The Hall–Kier alpha value is -0.360. The summed E-state index contributed by atoms with van der Waals surface area (Å²) in [5, 5.41) is 0. The Morgan fingerprint density at radius 3 is 0.909 bits per heavy atom. The van der Waals surface area contributed by atoms with Crippen LogP contribution in [0.4, 0.5) is 0 Å². The van der Waals surface area contributed by atoms with Crippen molar-refractivity contribution in [2.75, 3.05) is 52.9 Å². The van der Waals surface area contributed by atoms with E-state index in [0.29, 0.717) is 37.6 Å². The molecule has 0 spiro atoms. The summed E-state index contributed by atoms with van der Waals surface area (Å²) in [5.74, 6) is 0. The van der Waals surface area contributed by atoms with Crippen molar-refractivity contribution in [3.63, 3.8) is 0 Å². The molecule has 0 amide bonds. The fourth-order valence-electron chi connectivity index (χ4n) is 6.37. The minimum atomic E-state index is -0.319. The van der Waals surface area contributed by atoms with Gasteiger partial charge in [0.25, 0.3) is 0 Å². The second kappa shape index (κ2) is 7.11. The quantitative estimate of drug-likeness (QED) is 0.304. The van der Waals surface area contributed by atoms with Crippen LogP contribution < -0.4 is 0 Å². The maximum Gasteiger partial charge on any atom is 0.124 e. The smallest absolute Gasteiger partial charge is 0.124 e. The molecule has 184 valence electrons. The minimum Gasteiger partial charge on any atom is -0.375 e. The predicted octanol–water partition coefficient (Wildman–Crippen LogP) is 0.752. The van der Waals surface area contributed by atoms with Crippen molar-refractivity contribution in [2.45, 2.75) is 97.6 Å². The van der Waals surface area contributed by atoms with Crippen molar-refractivity contribution >= 4 is 0 Å². The fraction of sp³-hybridized carbons (Fsp3) is 1.00. The third-order valence-electron chi connectivity index (χ3n) is 8.79. The number of hydrogen-bond acceptors (Lipinski definition) is 9. The van der Waals surface area contributed by atoms with E-state index in [9.17, 15) is 0 Å². The molecule has 8 saturated heterocycles. The highest BCUT2D eigenvalue weighted by Gasteiger charge is 2.75. The molecule has 0 aromatic rings. The molecule has 8 fully saturated rings. The molecule has 33 heavy (non-hydrogen) atoms. The Morgan fingerprint density at radius 2 is 0.667 bits per heavy atom. The van der Waals surface area contributed by atoms with E-state index in [2.05, 4.69) is 0 Å². The topological polar surface area (TPSA) is 109 Å². The van der Waals surface area contributed by atoms with E-state index in [4.69, 9.17) is 42.6 Å². The molecule has 0 aromatic heterocycles. The highest BCUT2D eigenvalue weighted by molar-refractivity contribution is 5.22. The number of ether oxygens (including phenoxy) is 9. The molecule has 8 aliphatic heterocycles. The second-order valence-electron chi connectivity index (χ2n) is 11.6. The summed E-state index contributed by atoms with van der Waals surface area (Å²) >= 11 is 0. The van der Waals surface area contributed by atoms with Crippen LogP contribution in [-0.4, -0.2) is 112 Å². The van der Waals surface area contributed by atoms with Crippen LogP contribution in [0.1, 0.15) is 38.5 Å². The molecule has 9 nitrogen and oxygen atoms in total. The summed E-state index contributed by atoms with van der Waals surface area (Å²) in [4.78, 5) is 0. The van der Waals surface area contributed by atoms with Crippen molar-refractivity contribution in [1.29, 1.82) is 0 Å². The van der Waals surface area contributed by atoms with Gasteiger partial charge in [-0.3, -0.25) is 0 Å². The summed E-state index contributed by atoms with van der Waals surface area (Å²) in [6.07, 6.45) is 7.21. The monoisotopic (exact) mass is 466 g/mol. The van der Waals surface area contributed by atoms with E-state index in [-0.39, 0.29) is 34.6 Å². The van der Waals surface area contributed by atoms with E-state index < -0.39 is 0 Å². The average Bonchev–Trinajstić information content (AvgIpc) is 3.57. The van der Waals surface area contributed by atoms with Gasteiger partial charge in [-0.2, -0.15) is 0 Å². The summed E-state index contributed by atoms with van der Waals surface area (Å²) in [6, 6.07) is 0. The van der Waals surface area contributed by atoms with Crippen LogP contribution in [0.2, 0.25) is 0 Å². The fourth-order valence-corrected chi connectivity index (χ4v) is 6.37. The largest absolute Gasteiger partial charge is 0.375 e. The Labute approximate surface area is 193 Å². The molecule has 0 saturated carbocycles. The number of epoxide rings is 8. The van der Waals surface area contributed by atoms with Gasteiger partial charge in [0.05, 0.1) is 89.5 Å². The minimum absolute atomic E-state index is 0.223. The van der Waals surface area contributed by atoms with E-state index in [1.54, 1.807) is 0 Å².